The molecular formula is C24H30O3S. The van der Waals surface area contributed by atoms with Crippen molar-refractivity contribution < 1.29 is 14.6 Å². The van der Waals surface area contributed by atoms with Crippen molar-refractivity contribution in [2.45, 2.75) is 59.3 Å². The van der Waals surface area contributed by atoms with E-state index in [1.165, 1.54) is 21.6 Å². The monoisotopic (exact) mass is 398 g/mol. The molecule has 1 aromatic carbocycles. The molecule has 0 amide bonds. The highest BCUT2D eigenvalue weighted by atomic mass is 32.1. The standard InChI is InChI=1S/C24H30O3S/c1-14-12-16(7-9-20(14)27-11-5-10-25)6-8-19(26)23-17-13-18-22(24(18,3)4)21(17)15(2)28-23/h7,9,12,18,22,25H,5-6,8,10-11,13H2,1-4H3/t18-,22-/m1/s1. The molecule has 1 fully saturated rings. The van der Waals surface area contributed by atoms with Gasteiger partial charge in [0.05, 0.1) is 11.5 Å². The first-order valence-corrected chi connectivity index (χ1v) is 11.1. The Kier molecular flexibility index (Phi) is 5.13. The molecule has 4 rings (SSSR count). The number of fused-ring (bicyclic) bond motifs is 3. The highest BCUT2D eigenvalue weighted by Crippen LogP contribution is 2.71. The Morgan fingerprint density at radius 3 is 2.82 bits per heavy atom. The van der Waals surface area contributed by atoms with Crippen LogP contribution in [0.1, 0.15) is 69.4 Å². The maximum Gasteiger partial charge on any atom is 0.173 e. The smallest absolute Gasteiger partial charge is 0.173 e. The Bertz CT molecular complexity index is 909. The number of aliphatic hydroxyl groups is 1. The van der Waals surface area contributed by atoms with Crippen LogP contribution in [0.15, 0.2) is 18.2 Å². The van der Waals surface area contributed by atoms with Crippen LogP contribution < -0.4 is 4.74 Å². The van der Waals surface area contributed by atoms with Crippen molar-refractivity contribution in [3.05, 3.63) is 50.2 Å². The number of hydrogen-bond donors (Lipinski definition) is 1. The molecule has 0 spiro atoms. The second kappa shape index (κ2) is 7.31. The van der Waals surface area contributed by atoms with Crippen molar-refractivity contribution in [2.75, 3.05) is 13.2 Å². The van der Waals surface area contributed by atoms with E-state index in [0.717, 1.165) is 34.9 Å². The van der Waals surface area contributed by atoms with Gasteiger partial charge in [0.1, 0.15) is 5.75 Å². The maximum atomic E-state index is 13.0. The predicted molar refractivity (Wildman–Crippen MR) is 114 cm³/mol. The van der Waals surface area contributed by atoms with Crippen LogP contribution in [0.3, 0.4) is 0 Å². The van der Waals surface area contributed by atoms with E-state index >= 15 is 0 Å². The second-order valence-corrected chi connectivity index (χ2v) is 10.2. The van der Waals surface area contributed by atoms with E-state index < -0.39 is 0 Å². The number of aryl methyl sites for hydroxylation is 3. The molecule has 150 valence electrons. The van der Waals surface area contributed by atoms with Gasteiger partial charge in [-0.25, -0.2) is 0 Å². The van der Waals surface area contributed by atoms with Gasteiger partial charge in [0, 0.05) is 24.3 Å². The van der Waals surface area contributed by atoms with Gasteiger partial charge in [-0.15, -0.1) is 11.3 Å². The highest BCUT2D eigenvalue weighted by molar-refractivity contribution is 7.14. The molecule has 1 N–H and O–H groups in total. The molecule has 1 aromatic heterocycles. The zero-order valence-electron chi connectivity index (χ0n) is 17.3. The Labute approximate surface area is 171 Å². The number of carbonyl (C=O) groups is 1. The molecular weight excluding hydrogens is 368 g/mol. The lowest BCUT2D eigenvalue weighted by Crippen LogP contribution is -2.06. The van der Waals surface area contributed by atoms with E-state index in [9.17, 15) is 4.79 Å². The molecule has 2 aromatic rings. The van der Waals surface area contributed by atoms with Gasteiger partial charge in [-0.2, -0.15) is 0 Å². The quantitative estimate of drug-likeness (QED) is 0.489. The number of thiophene rings is 1. The molecule has 0 unspecified atom stereocenters. The molecule has 1 heterocycles. The number of aliphatic hydroxyl groups excluding tert-OH is 1. The average molecular weight is 399 g/mol. The summed E-state index contributed by atoms with van der Waals surface area (Å²) < 4.78 is 5.69. The maximum absolute atomic E-state index is 13.0. The normalized spacial score (nSPS) is 21.3. The van der Waals surface area contributed by atoms with Gasteiger partial charge in [-0.3, -0.25) is 4.79 Å². The summed E-state index contributed by atoms with van der Waals surface area (Å²) in [5.41, 5.74) is 5.55. The van der Waals surface area contributed by atoms with Crippen molar-refractivity contribution in [3.63, 3.8) is 0 Å². The fourth-order valence-corrected chi connectivity index (χ4v) is 6.20. The van der Waals surface area contributed by atoms with Crippen LogP contribution in [0.5, 0.6) is 5.75 Å². The molecule has 3 nitrogen and oxygen atoms in total. The van der Waals surface area contributed by atoms with Gasteiger partial charge in [0.2, 0.25) is 0 Å². The molecule has 4 heteroatoms. The number of benzene rings is 1. The molecule has 2 aliphatic rings. The van der Waals surface area contributed by atoms with Gasteiger partial charge in [-0.05, 0) is 72.3 Å². The number of carbonyl (C=O) groups excluding carboxylic acids is 1. The summed E-state index contributed by atoms with van der Waals surface area (Å²) >= 11 is 1.72. The summed E-state index contributed by atoms with van der Waals surface area (Å²) in [5.74, 6) is 2.59. The van der Waals surface area contributed by atoms with Crippen molar-refractivity contribution in [1.29, 1.82) is 0 Å². The lowest BCUT2D eigenvalue weighted by molar-refractivity contribution is 0.0985. The molecule has 0 saturated heterocycles. The summed E-state index contributed by atoms with van der Waals surface area (Å²) in [6, 6.07) is 6.15. The zero-order chi connectivity index (χ0) is 20.1. The molecule has 0 aliphatic heterocycles. The molecule has 28 heavy (non-hydrogen) atoms. The van der Waals surface area contributed by atoms with Crippen molar-refractivity contribution in [2.24, 2.45) is 11.3 Å². The van der Waals surface area contributed by atoms with Crippen molar-refractivity contribution in [3.8, 4) is 5.75 Å². The number of ether oxygens (including phenoxy) is 1. The summed E-state index contributed by atoms with van der Waals surface area (Å²) in [4.78, 5) is 15.3. The molecule has 0 radical (unpaired) electrons. The number of ketones is 1. The Morgan fingerprint density at radius 1 is 1.32 bits per heavy atom. The summed E-state index contributed by atoms with van der Waals surface area (Å²) in [6.45, 7) is 9.62. The van der Waals surface area contributed by atoms with Crippen LogP contribution in [-0.4, -0.2) is 24.1 Å². The van der Waals surface area contributed by atoms with Crippen LogP contribution in [0.4, 0.5) is 0 Å². The number of rotatable bonds is 8. The molecule has 2 aliphatic carbocycles. The first kappa shape index (κ1) is 19.7. The van der Waals surface area contributed by atoms with Gasteiger partial charge < -0.3 is 9.84 Å². The van der Waals surface area contributed by atoms with E-state index in [0.29, 0.717) is 36.6 Å². The predicted octanol–water partition coefficient (Wildman–Crippen LogP) is 5.24. The number of Topliss-reactive ketones (excluding diaryl/α,β-unsaturated/α-hetero) is 1. The first-order chi connectivity index (χ1) is 13.3. The minimum absolute atomic E-state index is 0.143. The van der Waals surface area contributed by atoms with Crippen molar-refractivity contribution >= 4 is 17.1 Å². The van der Waals surface area contributed by atoms with Crippen LogP contribution >= 0.6 is 11.3 Å². The van der Waals surface area contributed by atoms with E-state index in [1.54, 1.807) is 11.3 Å². The zero-order valence-corrected chi connectivity index (χ0v) is 18.1. The van der Waals surface area contributed by atoms with Gasteiger partial charge in [-0.1, -0.05) is 26.0 Å². The van der Waals surface area contributed by atoms with Crippen LogP contribution in [0.2, 0.25) is 0 Å². The van der Waals surface area contributed by atoms with Crippen LogP contribution in [-0.2, 0) is 12.8 Å². The lowest BCUT2D eigenvalue weighted by Gasteiger charge is -2.11. The fourth-order valence-electron chi connectivity index (χ4n) is 5.00. The Hall–Kier alpha value is -1.65. The molecule has 2 atom stereocenters. The van der Waals surface area contributed by atoms with Crippen LogP contribution in [0.25, 0.3) is 0 Å². The Morgan fingerprint density at radius 2 is 2.11 bits per heavy atom. The highest BCUT2D eigenvalue weighted by Gasteiger charge is 2.63. The van der Waals surface area contributed by atoms with E-state index in [-0.39, 0.29) is 6.61 Å². The van der Waals surface area contributed by atoms with Gasteiger partial charge >= 0.3 is 0 Å². The van der Waals surface area contributed by atoms with Gasteiger partial charge in [0.15, 0.2) is 5.78 Å². The van der Waals surface area contributed by atoms with Gasteiger partial charge in [0.25, 0.3) is 0 Å². The van der Waals surface area contributed by atoms with Crippen molar-refractivity contribution in [1.82, 2.24) is 0 Å². The van der Waals surface area contributed by atoms with E-state index in [1.807, 2.05) is 13.0 Å². The van der Waals surface area contributed by atoms with Crippen LogP contribution in [0, 0.1) is 25.2 Å². The topological polar surface area (TPSA) is 46.5 Å². The summed E-state index contributed by atoms with van der Waals surface area (Å²) in [5, 5.41) is 8.86. The molecule has 1 saturated carbocycles. The SMILES string of the molecule is Cc1cc(CCC(=O)c2sc(C)c3c2C[C@@H]2[C@H]3C2(C)C)ccc1OCCCO. The largest absolute Gasteiger partial charge is 0.493 e. The van der Waals surface area contributed by atoms with E-state index in [2.05, 4.69) is 32.9 Å². The second-order valence-electron chi connectivity index (χ2n) is 8.94. The molecule has 0 bridgehead atoms. The van der Waals surface area contributed by atoms with E-state index in [4.69, 9.17) is 9.84 Å². The average Bonchev–Trinajstić information content (AvgIpc) is 2.99. The third-order valence-corrected chi connectivity index (χ3v) is 7.92. The number of hydrogen-bond acceptors (Lipinski definition) is 4. The minimum atomic E-state index is 0.143. The third kappa shape index (κ3) is 3.31. The summed E-state index contributed by atoms with van der Waals surface area (Å²) in [7, 11) is 0. The minimum Gasteiger partial charge on any atom is -0.493 e. The fraction of sp³-hybridized carbons (Fsp3) is 0.542. The first-order valence-electron chi connectivity index (χ1n) is 10.3. The lowest BCUT2D eigenvalue weighted by atomic mass is 9.94. The third-order valence-electron chi connectivity index (χ3n) is 6.71. The summed E-state index contributed by atoms with van der Waals surface area (Å²) in [6.07, 6.45) is 3.06. The Balaban J connectivity index is 1.40.